The van der Waals surface area contributed by atoms with Crippen molar-refractivity contribution < 1.29 is 4.74 Å². The summed E-state index contributed by atoms with van der Waals surface area (Å²) in [5, 5.41) is 2.97. The zero-order chi connectivity index (χ0) is 12.5. The number of ether oxygens (including phenoxy) is 1. The van der Waals surface area contributed by atoms with Gasteiger partial charge in [0.1, 0.15) is 10.9 Å². The van der Waals surface area contributed by atoms with Gasteiger partial charge in [0, 0.05) is 0 Å². The fraction of sp³-hybridized carbons (Fsp3) is 0.538. The summed E-state index contributed by atoms with van der Waals surface area (Å²) in [5.41, 5.74) is 5.73. The van der Waals surface area contributed by atoms with Gasteiger partial charge in [0.2, 0.25) is 11.8 Å². The van der Waals surface area contributed by atoms with Crippen LogP contribution in [0.3, 0.4) is 0 Å². The van der Waals surface area contributed by atoms with Gasteiger partial charge in [0.25, 0.3) is 0 Å². The molecule has 2 unspecified atom stereocenters. The van der Waals surface area contributed by atoms with Crippen molar-refractivity contribution in [3.8, 4) is 5.88 Å². The van der Waals surface area contributed by atoms with Crippen LogP contribution in [-0.4, -0.2) is 16.1 Å². The van der Waals surface area contributed by atoms with Gasteiger partial charge >= 0.3 is 0 Å². The van der Waals surface area contributed by atoms with Crippen LogP contribution in [0.2, 0.25) is 0 Å². The molecule has 2 atom stereocenters. The number of rotatable bonds is 2. The van der Waals surface area contributed by atoms with Crippen LogP contribution in [0, 0.1) is 5.92 Å². The summed E-state index contributed by atoms with van der Waals surface area (Å²) in [4.78, 5) is 9.37. The molecule has 4 nitrogen and oxygen atoms in total. The molecule has 1 saturated carbocycles. The normalized spacial score (nSPS) is 24.3. The quantitative estimate of drug-likeness (QED) is 0.903. The molecule has 0 bridgehead atoms. The van der Waals surface area contributed by atoms with Crippen molar-refractivity contribution in [1.82, 2.24) is 9.97 Å². The largest absolute Gasteiger partial charge is 0.473 e. The second-order valence-electron chi connectivity index (χ2n) is 4.94. The number of hydrogen-bond donors (Lipinski definition) is 1. The highest BCUT2D eigenvalue weighted by atomic mass is 32.1. The molecule has 0 amide bonds. The molecule has 3 rings (SSSR count). The third-order valence-corrected chi connectivity index (χ3v) is 4.41. The van der Waals surface area contributed by atoms with Gasteiger partial charge in [-0.1, -0.05) is 13.3 Å². The van der Waals surface area contributed by atoms with Crippen molar-refractivity contribution in [3.63, 3.8) is 0 Å². The second-order valence-corrected chi connectivity index (χ2v) is 5.84. The highest BCUT2D eigenvalue weighted by molar-refractivity contribution is 7.16. The van der Waals surface area contributed by atoms with E-state index in [1.165, 1.54) is 19.3 Å². The minimum atomic E-state index is 0.260. The van der Waals surface area contributed by atoms with E-state index in [9.17, 15) is 0 Å². The predicted octanol–water partition coefficient (Wildman–Crippen LogP) is 3.23. The molecule has 0 radical (unpaired) electrons. The average molecular weight is 263 g/mol. The molecule has 0 saturated heterocycles. The lowest BCUT2D eigenvalue weighted by molar-refractivity contribution is 0.0995. The van der Waals surface area contributed by atoms with Gasteiger partial charge in [-0.15, -0.1) is 11.3 Å². The molecule has 1 aliphatic carbocycles. The first-order chi connectivity index (χ1) is 8.74. The molecule has 0 aromatic carbocycles. The Bertz CT molecular complexity index is 554. The number of nitrogens with zero attached hydrogens (tertiary/aromatic N) is 2. The number of hydrogen-bond acceptors (Lipinski definition) is 5. The third kappa shape index (κ3) is 2.14. The molecule has 0 spiro atoms. The van der Waals surface area contributed by atoms with E-state index in [1.807, 2.05) is 11.4 Å². The van der Waals surface area contributed by atoms with Crippen LogP contribution in [0.5, 0.6) is 5.88 Å². The van der Waals surface area contributed by atoms with Crippen LogP contribution in [0.25, 0.3) is 10.2 Å². The first-order valence-corrected chi connectivity index (χ1v) is 7.29. The van der Waals surface area contributed by atoms with Crippen molar-refractivity contribution in [2.75, 3.05) is 5.73 Å². The minimum Gasteiger partial charge on any atom is -0.473 e. The van der Waals surface area contributed by atoms with Crippen LogP contribution in [0.4, 0.5) is 5.95 Å². The number of anilines is 1. The number of thiophene rings is 1. The van der Waals surface area contributed by atoms with E-state index >= 15 is 0 Å². The van der Waals surface area contributed by atoms with Crippen molar-refractivity contribution in [3.05, 3.63) is 11.4 Å². The SMILES string of the molecule is CC1CCCCC1Oc1nc(N)nc2sccc12. The van der Waals surface area contributed by atoms with E-state index < -0.39 is 0 Å². The van der Waals surface area contributed by atoms with Crippen molar-refractivity contribution in [1.29, 1.82) is 0 Å². The Morgan fingerprint density at radius 2 is 2.17 bits per heavy atom. The monoisotopic (exact) mass is 263 g/mol. The Hall–Kier alpha value is -1.36. The summed E-state index contributed by atoms with van der Waals surface area (Å²) < 4.78 is 6.10. The molecule has 96 valence electrons. The maximum absolute atomic E-state index is 6.10. The van der Waals surface area contributed by atoms with Gasteiger partial charge in [-0.05, 0) is 36.6 Å². The van der Waals surface area contributed by atoms with Gasteiger partial charge in [0.15, 0.2) is 0 Å². The van der Waals surface area contributed by atoms with E-state index in [2.05, 4.69) is 16.9 Å². The zero-order valence-electron chi connectivity index (χ0n) is 10.4. The summed E-state index contributed by atoms with van der Waals surface area (Å²) in [6.07, 6.45) is 5.15. The summed E-state index contributed by atoms with van der Waals surface area (Å²) in [6, 6.07) is 2.00. The number of nitrogen functional groups attached to an aromatic ring is 1. The smallest absolute Gasteiger partial charge is 0.227 e. The van der Waals surface area contributed by atoms with Crippen molar-refractivity contribution in [2.45, 2.75) is 38.7 Å². The molecule has 0 aliphatic heterocycles. The molecule has 2 aromatic rings. The zero-order valence-corrected chi connectivity index (χ0v) is 11.2. The molecule has 1 aliphatic rings. The van der Waals surface area contributed by atoms with E-state index in [1.54, 1.807) is 11.3 Å². The summed E-state index contributed by atoms with van der Waals surface area (Å²) >= 11 is 1.57. The standard InChI is InChI=1S/C13H17N3OS/c1-8-4-2-3-5-10(8)17-11-9-6-7-18-12(9)16-13(14)15-11/h6-8,10H,2-5H2,1H3,(H2,14,15,16). The van der Waals surface area contributed by atoms with Crippen molar-refractivity contribution in [2.24, 2.45) is 5.92 Å². The molecule has 2 heterocycles. The number of aromatic nitrogens is 2. The summed E-state index contributed by atoms with van der Waals surface area (Å²) in [7, 11) is 0. The maximum Gasteiger partial charge on any atom is 0.227 e. The summed E-state index contributed by atoms with van der Waals surface area (Å²) in [6.45, 7) is 2.25. The average Bonchev–Trinajstić information content (AvgIpc) is 2.80. The third-order valence-electron chi connectivity index (χ3n) is 3.60. The number of fused-ring (bicyclic) bond motifs is 1. The first-order valence-electron chi connectivity index (χ1n) is 6.41. The van der Waals surface area contributed by atoms with E-state index in [-0.39, 0.29) is 6.10 Å². The van der Waals surface area contributed by atoms with Gasteiger partial charge < -0.3 is 10.5 Å². The molecule has 2 N–H and O–H groups in total. The Kier molecular flexibility index (Phi) is 3.07. The Balaban J connectivity index is 1.91. The molecular weight excluding hydrogens is 246 g/mol. The van der Waals surface area contributed by atoms with Crippen LogP contribution >= 0.6 is 11.3 Å². The summed E-state index contributed by atoms with van der Waals surface area (Å²) in [5.74, 6) is 1.53. The van der Waals surface area contributed by atoms with Crippen molar-refractivity contribution >= 4 is 27.5 Å². The minimum absolute atomic E-state index is 0.260. The van der Waals surface area contributed by atoms with E-state index in [0.29, 0.717) is 17.7 Å². The first kappa shape index (κ1) is 11.7. The van der Waals surface area contributed by atoms with Crippen LogP contribution in [-0.2, 0) is 0 Å². The molecule has 18 heavy (non-hydrogen) atoms. The van der Waals surface area contributed by atoms with Crippen LogP contribution in [0.15, 0.2) is 11.4 Å². The number of nitrogens with two attached hydrogens (primary N) is 1. The highest BCUT2D eigenvalue weighted by Crippen LogP contribution is 2.32. The lowest BCUT2D eigenvalue weighted by Gasteiger charge is -2.28. The van der Waals surface area contributed by atoms with Gasteiger partial charge in [-0.25, -0.2) is 4.98 Å². The van der Waals surface area contributed by atoms with Gasteiger partial charge in [0.05, 0.1) is 5.39 Å². The predicted molar refractivity (Wildman–Crippen MR) is 73.9 cm³/mol. The van der Waals surface area contributed by atoms with Crippen LogP contribution in [0.1, 0.15) is 32.6 Å². The lowest BCUT2D eigenvalue weighted by atomic mass is 9.88. The molecule has 2 aromatic heterocycles. The fourth-order valence-electron chi connectivity index (χ4n) is 2.53. The van der Waals surface area contributed by atoms with Gasteiger partial charge in [-0.3, -0.25) is 0 Å². The molecular formula is C13H17N3OS. The Labute approximate surface area is 110 Å². The highest BCUT2D eigenvalue weighted by Gasteiger charge is 2.24. The lowest BCUT2D eigenvalue weighted by Crippen LogP contribution is -2.28. The molecule has 5 heteroatoms. The van der Waals surface area contributed by atoms with E-state index in [0.717, 1.165) is 16.6 Å². The maximum atomic E-state index is 6.10. The molecule has 1 fully saturated rings. The Morgan fingerprint density at radius 3 is 3.00 bits per heavy atom. The Morgan fingerprint density at radius 1 is 1.33 bits per heavy atom. The fourth-order valence-corrected chi connectivity index (χ4v) is 3.30. The van der Waals surface area contributed by atoms with E-state index in [4.69, 9.17) is 10.5 Å². The second kappa shape index (κ2) is 4.72. The van der Waals surface area contributed by atoms with Crippen LogP contribution < -0.4 is 10.5 Å². The topological polar surface area (TPSA) is 61.0 Å². The van der Waals surface area contributed by atoms with Gasteiger partial charge in [-0.2, -0.15) is 4.98 Å².